The Morgan fingerprint density at radius 3 is 1.50 bits per heavy atom. The molecule has 0 aliphatic heterocycles. The van der Waals surface area contributed by atoms with Crippen LogP contribution in [0.3, 0.4) is 0 Å². The van der Waals surface area contributed by atoms with Crippen molar-refractivity contribution in [3.63, 3.8) is 0 Å². The second kappa shape index (κ2) is 10.2. The van der Waals surface area contributed by atoms with Crippen LogP contribution in [0.5, 0.6) is 0 Å². The van der Waals surface area contributed by atoms with Crippen LogP contribution in [-0.4, -0.2) is 4.66 Å². The summed E-state index contributed by atoms with van der Waals surface area (Å²) >= 11 is 0. The van der Waals surface area contributed by atoms with E-state index in [4.69, 9.17) is 14.0 Å². The molecule has 0 heterocycles. The molecule has 0 aliphatic rings. The van der Waals surface area contributed by atoms with Crippen molar-refractivity contribution in [2.24, 2.45) is 0 Å². The van der Waals surface area contributed by atoms with E-state index in [1.54, 1.807) is 0 Å². The molecule has 0 saturated heterocycles. The van der Waals surface area contributed by atoms with E-state index in [0.29, 0.717) is 0 Å². The predicted molar refractivity (Wildman–Crippen MR) is 10.6 cm³/mol. The molecule has 0 spiro atoms. The molecule has 0 fully saturated rings. The third kappa shape index (κ3) is 36.0. The molecule has 0 aliphatic carbocycles. The monoisotopic (exact) mass is 160 g/mol. The van der Waals surface area contributed by atoms with Crippen molar-refractivity contribution in [2.75, 3.05) is 0 Å². The van der Waals surface area contributed by atoms with E-state index >= 15 is 0 Å². The Kier molecular flexibility index (Phi) is 26.6. The van der Waals surface area contributed by atoms with E-state index in [-0.39, 0.29) is 65.2 Å². The summed E-state index contributed by atoms with van der Waals surface area (Å²) in [5.41, 5.74) is 0. The minimum Gasteiger partial charge on any atom is -1.00 e. The molecule has 0 rings (SSSR count). The number of hydrogen-bond donors (Lipinski definition) is 1. The van der Waals surface area contributed by atoms with Gasteiger partial charge >= 0.3 is 51.4 Å². The zero-order valence-corrected chi connectivity index (χ0v) is 7.75. The summed E-state index contributed by atoms with van der Waals surface area (Å²) in [7, 11) is -2.60. The van der Waals surface area contributed by atoms with E-state index in [9.17, 15) is 0 Å². The fourth-order valence-electron chi connectivity index (χ4n) is 0. The number of hydrogen-bond acceptors (Lipinski definition) is 3. The van der Waals surface area contributed by atoms with Crippen molar-refractivity contribution >= 4 is 12.4 Å². The summed E-state index contributed by atoms with van der Waals surface area (Å²) in [5, 5.41) is 0. The van der Waals surface area contributed by atoms with Gasteiger partial charge in [0.15, 0.2) is 0 Å². The van der Waals surface area contributed by atoms with Gasteiger partial charge < -0.3 is 10.7 Å². The second-order valence-electron chi connectivity index (χ2n) is 0.201. The summed E-state index contributed by atoms with van der Waals surface area (Å²) in [5.74, 6) is 0. The van der Waals surface area contributed by atoms with E-state index in [2.05, 4.69) is 0 Å². The van der Waals surface area contributed by atoms with Gasteiger partial charge in [-0.3, -0.25) is 0 Å². The van der Waals surface area contributed by atoms with Gasteiger partial charge in [0.25, 0.3) is 10.8 Å². The predicted octanol–water partition coefficient (Wildman–Crippen LogP) is -5.40. The molecule has 0 atom stereocenters. The Bertz CT molecular complexity index is 17.7. The summed E-state index contributed by atoms with van der Waals surface area (Å²) in [4.78, 5) is 0. The SMILES string of the molecule is Cl.[H-].[K+].[O-][Cl+2]([O-])O. The van der Waals surface area contributed by atoms with Crippen LogP contribution >= 0.6 is 12.4 Å². The summed E-state index contributed by atoms with van der Waals surface area (Å²) in [6, 6.07) is 0. The molecule has 1 N–H and O–H groups in total. The first-order valence-electron chi connectivity index (χ1n) is 0.478. The zero-order chi connectivity index (χ0) is 3.58. The van der Waals surface area contributed by atoms with Gasteiger partial charge in [-0.1, -0.05) is 0 Å². The minimum absolute atomic E-state index is 0. The van der Waals surface area contributed by atoms with E-state index in [0.717, 1.165) is 0 Å². The molecular weight excluding hydrogens is 158 g/mol. The van der Waals surface area contributed by atoms with Crippen LogP contribution < -0.4 is 60.7 Å². The van der Waals surface area contributed by atoms with Gasteiger partial charge in [0.2, 0.25) is 0 Å². The Morgan fingerprint density at radius 2 is 1.50 bits per heavy atom. The quantitative estimate of drug-likeness (QED) is 0.360. The molecule has 0 aromatic heterocycles. The van der Waals surface area contributed by atoms with Gasteiger partial charge in [-0.25, -0.2) is 0 Å². The Hall–Kier alpha value is 2.10. The molecule has 0 unspecified atom stereocenters. The largest absolute Gasteiger partial charge is 1.00 e. The molecule has 0 bridgehead atoms. The molecule has 0 aromatic rings. The van der Waals surface area contributed by atoms with Gasteiger partial charge in [0.05, 0.1) is 0 Å². The van der Waals surface area contributed by atoms with Crippen LogP contribution in [0.25, 0.3) is 0 Å². The standard InChI is InChI=1S/ClHO3.ClH.K.H/c2-1(3)4;;;/h2H;1H;;/q;;+1;-1. The average Bonchev–Trinajstić information content (AvgIpc) is 0.811. The summed E-state index contributed by atoms with van der Waals surface area (Å²) < 4.78 is 24.0. The third-order valence-corrected chi connectivity index (χ3v) is 0. The maximum absolute atomic E-state index is 8.52. The third-order valence-electron chi connectivity index (χ3n) is 0. The Labute approximate surface area is 88.4 Å². The molecule has 6 heteroatoms. The minimum atomic E-state index is -2.60. The maximum Gasteiger partial charge on any atom is 1.00 e. The van der Waals surface area contributed by atoms with Crippen molar-refractivity contribution in [1.29, 1.82) is 0 Å². The van der Waals surface area contributed by atoms with Crippen LogP contribution in [0.2, 0.25) is 0 Å². The van der Waals surface area contributed by atoms with Gasteiger partial charge in [0, 0.05) is 4.66 Å². The summed E-state index contributed by atoms with van der Waals surface area (Å²) in [6.45, 7) is 0. The Morgan fingerprint density at radius 1 is 1.50 bits per heavy atom. The van der Waals surface area contributed by atoms with Crippen LogP contribution in [0.4, 0.5) is 0 Å². The first-order valence-corrected chi connectivity index (χ1v) is 1.43. The van der Waals surface area contributed by atoms with Crippen molar-refractivity contribution in [3.8, 4) is 0 Å². The number of rotatable bonds is 0. The van der Waals surface area contributed by atoms with Crippen LogP contribution in [0.15, 0.2) is 0 Å². The molecule has 0 amide bonds. The van der Waals surface area contributed by atoms with Gasteiger partial charge in [-0.05, 0) is 0 Å². The van der Waals surface area contributed by atoms with E-state index in [1.807, 2.05) is 0 Å². The van der Waals surface area contributed by atoms with Crippen molar-refractivity contribution in [1.82, 2.24) is 0 Å². The van der Waals surface area contributed by atoms with Gasteiger partial charge in [-0.15, -0.1) is 12.4 Å². The molecule has 0 radical (unpaired) electrons. The van der Waals surface area contributed by atoms with Gasteiger partial charge in [-0.2, -0.15) is 0 Å². The van der Waals surface area contributed by atoms with Crippen molar-refractivity contribution < 1.29 is 77.6 Å². The molecule has 0 aromatic carbocycles. The van der Waals surface area contributed by atoms with Crippen LogP contribution in [0, 0.1) is 10.8 Å². The normalized spacial score (nSPS) is 6.00. The molecule has 0 saturated carbocycles. The van der Waals surface area contributed by atoms with E-state index in [1.165, 1.54) is 0 Å². The topological polar surface area (TPSA) is 66.3 Å². The molecule has 6 heavy (non-hydrogen) atoms. The fourth-order valence-corrected chi connectivity index (χ4v) is 0. The fraction of sp³-hybridized carbons (Fsp3) is 0. The number of halogens is 2. The maximum atomic E-state index is 8.52. The molecule has 36 valence electrons. The first kappa shape index (κ1) is 15.7. The van der Waals surface area contributed by atoms with E-state index < -0.39 is 10.8 Å². The van der Waals surface area contributed by atoms with Crippen LogP contribution in [-0.2, 0) is 0 Å². The summed E-state index contributed by atoms with van der Waals surface area (Å²) in [6.07, 6.45) is 0. The van der Waals surface area contributed by atoms with Crippen LogP contribution in [0.1, 0.15) is 1.43 Å². The molecular formula is H3Cl2KO3. The van der Waals surface area contributed by atoms with Crippen molar-refractivity contribution in [2.45, 2.75) is 0 Å². The molecule has 3 nitrogen and oxygen atoms in total. The van der Waals surface area contributed by atoms with Gasteiger partial charge in [0.1, 0.15) is 0 Å². The second-order valence-corrected chi connectivity index (χ2v) is 0.603. The average molecular weight is 161 g/mol. The smallest absolute Gasteiger partial charge is 1.00 e. The Balaban J connectivity index is -0.0000000150. The first-order chi connectivity index (χ1) is 1.73. The van der Waals surface area contributed by atoms with Crippen molar-refractivity contribution in [3.05, 3.63) is 0 Å². The zero-order valence-electron chi connectivity index (χ0n) is 4.05.